The van der Waals surface area contributed by atoms with Gasteiger partial charge < -0.3 is 4.74 Å². The molecule has 0 aliphatic carbocycles. The predicted octanol–water partition coefficient (Wildman–Crippen LogP) is 0.549. The average Bonchev–Trinajstić information content (AvgIpc) is 2.52. The number of ether oxygens (including phenoxy) is 1. The van der Waals surface area contributed by atoms with Crippen molar-refractivity contribution in [3.8, 4) is 0 Å². The Bertz CT molecular complexity index is 247. The van der Waals surface area contributed by atoms with E-state index < -0.39 is 0 Å². The van der Waals surface area contributed by atoms with Crippen LogP contribution in [0.25, 0.3) is 0 Å². The first-order chi connectivity index (χ1) is 7.10. The molecule has 0 saturated carbocycles. The van der Waals surface area contributed by atoms with Crippen LogP contribution in [0.4, 0.5) is 0 Å². The number of carbonyl (C=O) groups is 3. The van der Waals surface area contributed by atoms with Gasteiger partial charge in [-0.15, -0.1) is 0 Å². The second-order valence-electron chi connectivity index (χ2n) is 2.74. The second-order valence-corrected chi connectivity index (χ2v) is 2.74. The van der Waals surface area contributed by atoms with Gasteiger partial charge >= 0.3 is 5.97 Å². The molecule has 0 fully saturated rings. The van der Waals surface area contributed by atoms with Crippen LogP contribution in [0.3, 0.4) is 0 Å². The molecule has 0 radical (unpaired) electrons. The molecule has 2 amide bonds. The van der Waals surface area contributed by atoms with Gasteiger partial charge in [-0.3, -0.25) is 19.7 Å². The molecule has 0 saturated heterocycles. The van der Waals surface area contributed by atoms with Crippen LogP contribution in [-0.4, -0.2) is 24.4 Å². The zero-order valence-corrected chi connectivity index (χ0v) is 8.91. The Labute approximate surface area is 88.5 Å². The van der Waals surface area contributed by atoms with Crippen molar-refractivity contribution in [1.82, 2.24) is 5.32 Å². The molecule has 1 aliphatic rings. The molecule has 5 heteroatoms. The summed E-state index contributed by atoms with van der Waals surface area (Å²) in [7, 11) is 0. The summed E-state index contributed by atoms with van der Waals surface area (Å²) < 4.78 is 4.64. The van der Waals surface area contributed by atoms with E-state index in [0.717, 1.165) is 6.42 Å². The Balaban J connectivity index is 0.000000262. The maximum atomic E-state index is 10.4. The average molecular weight is 213 g/mol. The Hall–Kier alpha value is -1.65. The lowest BCUT2D eigenvalue weighted by Gasteiger charge is -1.96. The number of nitrogens with one attached hydrogen (secondary N) is 1. The molecule has 0 aromatic heterocycles. The van der Waals surface area contributed by atoms with Gasteiger partial charge in [0.25, 0.3) is 11.8 Å². The number of amides is 2. The monoisotopic (exact) mass is 213 g/mol. The number of carbonyl (C=O) groups excluding carboxylic acids is 3. The smallest absolute Gasteiger partial charge is 0.305 e. The van der Waals surface area contributed by atoms with E-state index in [1.807, 2.05) is 19.2 Å². The lowest BCUT2D eigenvalue weighted by molar-refractivity contribution is -0.143. The van der Waals surface area contributed by atoms with Crippen LogP contribution in [0.5, 0.6) is 0 Å². The van der Waals surface area contributed by atoms with Crippen LogP contribution in [0.15, 0.2) is 12.2 Å². The third-order valence-corrected chi connectivity index (χ3v) is 1.39. The normalized spacial score (nSPS) is 12.9. The van der Waals surface area contributed by atoms with Gasteiger partial charge in [-0.05, 0) is 13.3 Å². The summed E-state index contributed by atoms with van der Waals surface area (Å²) in [6.07, 6.45) is 3.82. The first-order valence-corrected chi connectivity index (χ1v) is 4.78. The predicted molar refractivity (Wildman–Crippen MR) is 53.8 cm³/mol. The van der Waals surface area contributed by atoms with Gasteiger partial charge in [0, 0.05) is 18.6 Å². The topological polar surface area (TPSA) is 72.5 Å². The highest BCUT2D eigenvalue weighted by Gasteiger charge is 2.06. The van der Waals surface area contributed by atoms with E-state index in [9.17, 15) is 14.4 Å². The molecular weight excluding hydrogens is 198 g/mol. The fourth-order valence-corrected chi connectivity index (χ4v) is 0.793. The van der Waals surface area contributed by atoms with Crippen molar-refractivity contribution in [2.75, 3.05) is 6.61 Å². The van der Waals surface area contributed by atoms with E-state index in [1.165, 1.54) is 12.2 Å². The summed E-state index contributed by atoms with van der Waals surface area (Å²) in [5.41, 5.74) is 0. The van der Waals surface area contributed by atoms with Gasteiger partial charge in [0.1, 0.15) is 0 Å². The number of imide groups is 1. The first-order valence-electron chi connectivity index (χ1n) is 4.78. The van der Waals surface area contributed by atoms with E-state index in [-0.39, 0.29) is 17.8 Å². The molecule has 15 heavy (non-hydrogen) atoms. The number of esters is 1. The van der Waals surface area contributed by atoms with Crippen molar-refractivity contribution in [1.29, 1.82) is 0 Å². The summed E-state index contributed by atoms with van der Waals surface area (Å²) in [6, 6.07) is 0. The van der Waals surface area contributed by atoms with Gasteiger partial charge in [0.15, 0.2) is 0 Å². The van der Waals surface area contributed by atoms with E-state index in [0.29, 0.717) is 13.0 Å². The third-order valence-electron chi connectivity index (χ3n) is 1.39. The minimum Gasteiger partial charge on any atom is -0.466 e. The van der Waals surface area contributed by atoms with E-state index in [2.05, 4.69) is 4.74 Å². The van der Waals surface area contributed by atoms with E-state index in [1.54, 1.807) is 0 Å². The van der Waals surface area contributed by atoms with Crippen LogP contribution < -0.4 is 5.32 Å². The summed E-state index contributed by atoms with van der Waals surface area (Å²) in [5, 5.41) is 2.03. The van der Waals surface area contributed by atoms with Gasteiger partial charge in [0.05, 0.1) is 6.61 Å². The van der Waals surface area contributed by atoms with Gasteiger partial charge in [-0.25, -0.2) is 0 Å². The molecule has 1 heterocycles. The minimum absolute atomic E-state index is 0.0880. The van der Waals surface area contributed by atoms with Gasteiger partial charge in [-0.2, -0.15) is 0 Å². The van der Waals surface area contributed by atoms with Gasteiger partial charge in [-0.1, -0.05) is 6.92 Å². The fourth-order valence-electron chi connectivity index (χ4n) is 0.793. The summed E-state index contributed by atoms with van der Waals surface area (Å²) in [6.45, 7) is 4.27. The molecule has 1 rings (SSSR count). The Kier molecular flexibility index (Phi) is 6.88. The van der Waals surface area contributed by atoms with E-state index in [4.69, 9.17) is 0 Å². The number of hydrogen-bond acceptors (Lipinski definition) is 4. The maximum Gasteiger partial charge on any atom is 0.305 e. The lowest BCUT2D eigenvalue weighted by Crippen LogP contribution is -2.19. The van der Waals surface area contributed by atoms with Crippen molar-refractivity contribution in [2.45, 2.75) is 26.7 Å². The maximum absolute atomic E-state index is 10.4. The molecule has 1 aliphatic heterocycles. The highest BCUT2D eigenvalue weighted by molar-refractivity contribution is 6.12. The molecule has 1 N–H and O–H groups in total. The zero-order valence-electron chi connectivity index (χ0n) is 8.91. The molecule has 84 valence electrons. The summed E-state index contributed by atoms with van der Waals surface area (Å²) in [4.78, 5) is 30.5. The molecule has 0 atom stereocenters. The van der Waals surface area contributed by atoms with Gasteiger partial charge in [0.2, 0.25) is 0 Å². The quantitative estimate of drug-likeness (QED) is 0.549. The van der Waals surface area contributed by atoms with Crippen LogP contribution in [0, 0.1) is 0 Å². The molecule has 0 spiro atoms. The lowest BCUT2D eigenvalue weighted by atomic mass is 10.3. The molecule has 0 bridgehead atoms. The summed E-state index contributed by atoms with van der Waals surface area (Å²) >= 11 is 0. The SMILES string of the molecule is CCCC(=O)OCC.O=C1C=CC(=O)N1. The third kappa shape index (κ3) is 7.42. The van der Waals surface area contributed by atoms with Crippen LogP contribution in [-0.2, 0) is 19.1 Å². The van der Waals surface area contributed by atoms with E-state index >= 15 is 0 Å². The Morgan fingerprint density at radius 2 is 1.80 bits per heavy atom. The Morgan fingerprint density at radius 1 is 1.27 bits per heavy atom. The highest BCUT2D eigenvalue weighted by atomic mass is 16.5. The van der Waals surface area contributed by atoms with Crippen molar-refractivity contribution in [3.05, 3.63) is 12.2 Å². The number of hydrogen-bond donors (Lipinski definition) is 1. The standard InChI is InChI=1S/C6H12O2.C4H3NO2/c1-3-5-6(7)8-4-2;6-3-1-2-4(7)5-3/h3-5H2,1-2H3;1-2H,(H,5,6,7). The zero-order chi connectivity index (χ0) is 11.7. The highest BCUT2D eigenvalue weighted by Crippen LogP contribution is 1.89. The fraction of sp³-hybridized carbons (Fsp3) is 0.500. The first kappa shape index (κ1) is 13.4. The van der Waals surface area contributed by atoms with Crippen molar-refractivity contribution in [3.63, 3.8) is 0 Å². The van der Waals surface area contributed by atoms with Crippen molar-refractivity contribution < 1.29 is 19.1 Å². The Morgan fingerprint density at radius 3 is 2.07 bits per heavy atom. The van der Waals surface area contributed by atoms with Crippen LogP contribution in [0.1, 0.15) is 26.7 Å². The molecule has 5 nitrogen and oxygen atoms in total. The minimum atomic E-state index is -0.329. The molecule has 0 aromatic rings. The molecular formula is C10H15NO4. The molecule has 0 aromatic carbocycles. The van der Waals surface area contributed by atoms with Crippen LogP contribution in [0.2, 0.25) is 0 Å². The molecule has 0 unspecified atom stereocenters. The van der Waals surface area contributed by atoms with Crippen molar-refractivity contribution >= 4 is 17.8 Å². The van der Waals surface area contributed by atoms with Crippen molar-refractivity contribution in [2.24, 2.45) is 0 Å². The van der Waals surface area contributed by atoms with Crippen LogP contribution >= 0.6 is 0 Å². The second kappa shape index (κ2) is 7.73. The largest absolute Gasteiger partial charge is 0.466 e. The summed E-state index contributed by atoms with van der Waals surface area (Å²) in [5.74, 6) is -0.745. The number of rotatable bonds is 3.